The summed E-state index contributed by atoms with van der Waals surface area (Å²) in [5.74, 6) is -2.16. The summed E-state index contributed by atoms with van der Waals surface area (Å²) in [5.41, 5.74) is -1.71. The average molecular weight is 522 g/mol. The molecule has 8 nitrogen and oxygen atoms in total. The van der Waals surface area contributed by atoms with Crippen LogP contribution in [-0.4, -0.2) is 86.6 Å². The van der Waals surface area contributed by atoms with Gasteiger partial charge in [-0.2, -0.15) is 0 Å². The maximum Gasteiger partial charge on any atom is 0.249 e. The zero-order chi connectivity index (χ0) is 27.3. The van der Waals surface area contributed by atoms with Gasteiger partial charge in [-0.1, -0.05) is 61.6 Å². The molecule has 2 saturated heterocycles. The number of rotatable bonds is 6. The number of likely N-dealkylation sites (tertiary alicyclic amines) is 1. The van der Waals surface area contributed by atoms with Crippen molar-refractivity contribution < 1.29 is 24.2 Å². The molecule has 5 rings (SSSR count). The molecule has 1 aromatic carbocycles. The van der Waals surface area contributed by atoms with Crippen molar-refractivity contribution >= 4 is 17.7 Å². The van der Waals surface area contributed by atoms with Gasteiger partial charge in [0.15, 0.2) is 0 Å². The van der Waals surface area contributed by atoms with Gasteiger partial charge in [-0.15, -0.1) is 0 Å². The Kier molecular flexibility index (Phi) is 6.76. The molecule has 1 aromatic rings. The number of carbonyl (C=O) groups excluding carboxylic acids is 3. The first-order chi connectivity index (χ1) is 18.1. The normalized spacial score (nSPS) is 32.8. The molecule has 1 spiro atoms. The van der Waals surface area contributed by atoms with Crippen LogP contribution in [0.4, 0.5) is 0 Å². The number of ether oxygens (including phenoxy) is 1. The Morgan fingerprint density at radius 1 is 0.974 bits per heavy atom. The highest BCUT2D eigenvalue weighted by atomic mass is 16.5. The smallest absolute Gasteiger partial charge is 0.249 e. The lowest BCUT2D eigenvalue weighted by atomic mass is 9.73. The molecule has 8 heteroatoms. The molecule has 4 heterocycles. The van der Waals surface area contributed by atoms with Crippen LogP contribution in [0.5, 0.6) is 0 Å². The van der Waals surface area contributed by atoms with Crippen molar-refractivity contribution in [2.75, 3.05) is 26.2 Å². The molecular weight excluding hydrogens is 482 g/mol. The van der Waals surface area contributed by atoms with Crippen molar-refractivity contribution in [2.45, 2.75) is 69.9 Å². The number of fused-ring (bicyclic) bond motifs is 2. The SMILES string of the molecule is CC[C@@]12C=CCN(Cc3ccccc3)C(=O)[C@@H]1[C@H]1C(=O)N(CCCO)C3C(=O)N(C(C)(C)C)CC=C[C@@]31O2. The van der Waals surface area contributed by atoms with E-state index in [0.717, 1.165) is 5.56 Å². The Hall–Kier alpha value is -2.97. The van der Waals surface area contributed by atoms with E-state index in [-0.39, 0.29) is 30.9 Å². The number of hydrogen-bond acceptors (Lipinski definition) is 5. The molecular formula is C30H39N3O5. The number of amides is 3. The molecule has 0 aliphatic carbocycles. The van der Waals surface area contributed by atoms with E-state index >= 15 is 0 Å². The van der Waals surface area contributed by atoms with Gasteiger partial charge < -0.3 is 24.5 Å². The van der Waals surface area contributed by atoms with Gasteiger partial charge in [0.05, 0.1) is 17.4 Å². The van der Waals surface area contributed by atoms with E-state index < -0.39 is 34.6 Å². The van der Waals surface area contributed by atoms with Crippen LogP contribution in [0.3, 0.4) is 0 Å². The van der Waals surface area contributed by atoms with Crippen molar-refractivity contribution in [1.82, 2.24) is 14.7 Å². The fourth-order valence-corrected chi connectivity index (χ4v) is 6.84. The highest BCUT2D eigenvalue weighted by Gasteiger charge is 2.75. The second-order valence-electron chi connectivity index (χ2n) is 11.9. The first-order valence-electron chi connectivity index (χ1n) is 13.7. The highest BCUT2D eigenvalue weighted by Crippen LogP contribution is 2.58. The Balaban J connectivity index is 1.62. The number of hydrogen-bond donors (Lipinski definition) is 1. The second kappa shape index (κ2) is 9.65. The van der Waals surface area contributed by atoms with Gasteiger partial charge in [0, 0.05) is 38.3 Å². The summed E-state index contributed by atoms with van der Waals surface area (Å²) < 4.78 is 6.97. The topological polar surface area (TPSA) is 90.4 Å². The van der Waals surface area contributed by atoms with Crippen LogP contribution in [0.2, 0.25) is 0 Å². The molecule has 5 atom stereocenters. The standard InChI is InChI=1S/C30H39N3O5/c1-5-29-14-9-16-31(20-21-12-7-6-8-13-21)25(35)22(29)23-26(36)32(17-11-19-34)24-27(37)33(28(2,3)4)18-10-15-30(23,24)38-29/h6-10,12-15,22-24,34H,5,11,16-20H2,1-4H3/t22-,23-,24?,29+,30-/m0/s1. The lowest BCUT2D eigenvalue weighted by molar-refractivity contribution is -0.156. The van der Waals surface area contributed by atoms with Gasteiger partial charge in [0.2, 0.25) is 17.7 Å². The van der Waals surface area contributed by atoms with Crippen LogP contribution in [0.25, 0.3) is 0 Å². The second-order valence-corrected chi connectivity index (χ2v) is 11.9. The van der Waals surface area contributed by atoms with Gasteiger partial charge in [0.1, 0.15) is 11.6 Å². The summed E-state index contributed by atoms with van der Waals surface area (Å²) in [7, 11) is 0. The molecule has 0 saturated carbocycles. The average Bonchev–Trinajstić information content (AvgIpc) is 3.17. The van der Waals surface area contributed by atoms with E-state index in [0.29, 0.717) is 32.5 Å². The molecule has 0 bridgehead atoms. The fourth-order valence-electron chi connectivity index (χ4n) is 6.84. The minimum atomic E-state index is -1.26. The molecule has 4 aliphatic rings. The summed E-state index contributed by atoms with van der Waals surface area (Å²) in [6, 6.07) is 8.92. The third kappa shape index (κ3) is 4.00. The van der Waals surface area contributed by atoms with Gasteiger partial charge >= 0.3 is 0 Å². The highest BCUT2D eigenvalue weighted by molar-refractivity contribution is 6.00. The third-order valence-corrected chi connectivity index (χ3v) is 8.61. The molecule has 2 fully saturated rings. The molecule has 204 valence electrons. The van der Waals surface area contributed by atoms with Crippen molar-refractivity contribution in [3.05, 3.63) is 60.2 Å². The van der Waals surface area contributed by atoms with Crippen molar-refractivity contribution in [1.29, 1.82) is 0 Å². The van der Waals surface area contributed by atoms with Crippen LogP contribution in [0.15, 0.2) is 54.6 Å². The monoisotopic (exact) mass is 521 g/mol. The molecule has 0 radical (unpaired) electrons. The maximum absolute atomic E-state index is 14.3. The number of aliphatic hydroxyl groups is 1. The Labute approximate surface area is 224 Å². The van der Waals surface area contributed by atoms with Crippen LogP contribution in [0, 0.1) is 11.8 Å². The Bertz CT molecular complexity index is 1160. The Morgan fingerprint density at radius 3 is 2.34 bits per heavy atom. The predicted octanol–water partition coefficient (Wildman–Crippen LogP) is 2.53. The lowest BCUT2D eigenvalue weighted by Gasteiger charge is -2.41. The van der Waals surface area contributed by atoms with Crippen LogP contribution < -0.4 is 0 Å². The van der Waals surface area contributed by atoms with Gasteiger partial charge in [0.25, 0.3) is 0 Å². The summed E-state index contributed by atoms with van der Waals surface area (Å²) >= 11 is 0. The third-order valence-electron chi connectivity index (χ3n) is 8.61. The largest absolute Gasteiger partial charge is 0.396 e. The van der Waals surface area contributed by atoms with E-state index in [4.69, 9.17) is 4.74 Å². The van der Waals surface area contributed by atoms with E-state index in [1.165, 1.54) is 0 Å². The van der Waals surface area contributed by atoms with Crippen molar-refractivity contribution in [2.24, 2.45) is 11.8 Å². The van der Waals surface area contributed by atoms with Crippen LogP contribution in [0.1, 0.15) is 46.1 Å². The van der Waals surface area contributed by atoms with Crippen molar-refractivity contribution in [3.8, 4) is 0 Å². The maximum atomic E-state index is 14.3. The first-order valence-corrected chi connectivity index (χ1v) is 13.7. The predicted molar refractivity (Wildman–Crippen MR) is 143 cm³/mol. The zero-order valence-electron chi connectivity index (χ0n) is 22.8. The van der Waals surface area contributed by atoms with Gasteiger partial charge in [-0.3, -0.25) is 14.4 Å². The van der Waals surface area contributed by atoms with E-state index in [1.54, 1.807) is 14.7 Å². The number of aliphatic hydroxyl groups excluding tert-OH is 1. The molecule has 1 N–H and O–H groups in total. The molecule has 3 amide bonds. The minimum Gasteiger partial charge on any atom is -0.396 e. The van der Waals surface area contributed by atoms with Crippen LogP contribution >= 0.6 is 0 Å². The number of carbonyl (C=O) groups is 3. The number of nitrogens with zero attached hydrogens (tertiary/aromatic N) is 3. The molecule has 38 heavy (non-hydrogen) atoms. The molecule has 4 aliphatic heterocycles. The van der Waals surface area contributed by atoms with E-state index in [9.17, 15) is 19.5 Å². The summed E-state index contributed by atoms with van der Waals surface area (Å²) in [4.78, 5) is 48.0. The summed E-state index contributed by atoms with van der Waals surface area (Å²) in [6.07, 6.45) is 8.57. The summed E-state index contributed by atoms with van der Waals surface area (Å²) in [5, 5.41) is 9.59. The minimum absolute atomic E-state index is 0.100. The quantitative estimate of drug-likeness (QED) is 0.581. The molecule has 1 unspecified atom stereocenters. The van der Waals surface area contributed by atoms with Crippen LogP contribution in [-0.2, 0) is 25.7 Å². The molecule has 0 aromatic heterocycles. The van der Waals surface area contributed by atoms with Gasteiger partial charge in [-0.05, 0) is 39.2 Å². The fraction of sp³-hybridized carbons (Fsp3) is 0.567. The van der Waals surface area contributed by atoms with E-state index in [1.807, 2.05) is 82.3 Å². The Morgan fingerprint density at radius 2 is 1.68 bits per heavy atom. The van der Waals surface area contributed by atoms with Crippen molar-refractivity contribution in [3.63, 3.8) is 0 Å². The lowest BCUT2D eigenvalue weighted by Crippen LogP contribution is -2.59. The summed E-state index contributed by atoms with van der Waals surface area (Å²) in [6.45, 7) is 9.27. The number of benzene rings is 1. The van der Waals surface area contributed by atoms with Gasteiger partial charge in [-0.25, -0.2) is 0 Å². The zero-order valence-corrected chi connectivity index (χ0v) is 22.8. The van der Waals surface area contributed by atoms with E-state index in [2.05, 4.69) is 0 Å². The first kappa shape index (κ1) is 26.6.